The maximum absolute atomic E-state index is 12.5. The van der Waals surface area contributed by atoms with Crippen LogP contribution in [0.4, 0.5) is 0 Å². The Kier molecular flexibility index (Phi) is 5.41. The molecule has 4 atom stereocenters. The summed E-state index contributed by atoms with van der Waals surface area (Å²) in [6.07, 6.45) is -0.779. The van der Waals surface area contributed by atoms with Crippen LogP contribution in [0.3, 0.4) is 0 Å². The molecule has 126 valence electrons. The van der Waals surface area contributed by atoms with Crippen molar-refractivity contribution in [2.24, 2.45) is 11.8 Å². The number of β-lactam (4-membered cyclic amide) rings is 1. The molecule has 2 amide bonds. The number of hydrogen-bond acceptors (Lipinski definition) is 6. The van der Waals surface area contributed by atoms with Crippen LogP contribution in [0.5, 0.6) is 0 Å². The maximum atomic E-state index is 12.5. The van der Waals surface area contributed by atoms with E-state index in [0.29, 0.717) is 26.2 Å². The molecule has 2 fully saturated rings. The van der Waals surface area contributed by atoms with Crippen molar-refractivity contribution < 1.29 is 23.1 Å². The molecule has 2 aliphatic heterocycles. The summed E-state index contributed by atoms with van der Waals surface area (Å²) in [5.74, 6) is -1.20. The molecule has 2 rings (SSSR count). The molecule has 0 aromatic rings. The summed E-state index contributed by atoms with van der Waals surface area (Å²) in [6, 6.07) is -0.339. The Balaban J connectivity index is 1.88. The Hall–Kier alpha value is -1.19. The van der Waals surface area contributed by atoms with Gasteiger partial charge in [0.1, 0.15) is 0 Å². The Morgan fingerprint density at radius 2 is 1.91 bits per heavy atom. The normalized spacial score (nSPS) is 28.9. The lowest BCUT2D eigenvalue weighted by atomic mass is 9.78. The van der Waals surface area contributed by atoms with E-state index in [2.05, 4.69) is 5.32 Å². The summed E-state index contributed by atoms with van der Waals surface area (Å²) in [6.45, 7) is 5.31. The average Bonchev–Trinajstić information content (AvgIpc) is 2.42. The van der Waals surface area contributed by atoms with Gasteiger partial charge in [-0.3, -0.25) is 14.5 Å². The van der Waals surface area contributed by atoms with E-state index in [4.69, 9.17) is 0 Å². The minimum atomic E-state index is -2.44. The quantitative estimate of drug-likeness (QED) is 0.390. The first-order valence-electron chi connectivity index (χ1n) is 7.42. The number of carbonyl (C=O) groups is 2. The van der Waals surface area contributed by atoms with Crippen molar-refractivity contribution in [1.82, 2.24) is 15.1 Å². The van der Waals surface area contributed by atoms with Gasteiger partial charge < -0.3 is 15.3 Å². The molecule has 9 heteroatoms. The van der Waals surface area contributed by atoms with Crippen LogP contribution in [0.25, 0.3) is 0 Å². The van der Waals surface area contributed by atoms with E-state index in [0.717, 1.165) is 0 Å². The van der Waals surface area contributed by atoms with Gasteiger partial charge in [0.2, 0.25) is 11.8 Å². The first-order chi connectivity index (χ1) is 10.3. The number of rotatable bonds is 5. The van der Waals surface area contributed by atoms with Crippen molar-refractivity contribution in [3.63, 3.8) is 0 Å². The molecule has 0 unspecified atom stereocenters. The number of amides is 2. The summed E-state index contributed by atoms with van der Waals surface area (Å²) in [5, 5.41) is 12.3. The van der Waals surface area contributed by atoms with Gasteiger partial charge in [-0.15, -0.1) is 0 Å². The summed E-state index contributed by atoms with van der Waals surface area (Å²) >= 11 is 0. The fraction of sp³-hybridized carbons (Fsp3) is 0.846. The molecule has 2 aliphatic rings. The molecule has 22 heavy (non-hydrogen) atoms. The van der Waals surface area contributed by atoms with E-state index in [-0.39, 0.29) is 23.7 Å². The van der Waals surface area contributed by atoms with Crippen LogP contribution in [0.1, 0.15) is 13.8 Å². The van der Waals surface area contributed by atoms with Gasteiger partial charge in [-0.05, 0) is 6.92 Å². The molecule has 0 aliphatic carbocycles. The van der Waals surface area contributed by atoms with Gasteiger partial charge in [0.05, 0.1) is 29.9 Å². The maximum Gasteiger partial charge on any atom is 0.228 e. The predicted octanol–water partition coefficient (Wildman–Crippen LogP) is -2.17. The second kappa shape index (κ2) is 6.93. The lowest BCUT2D eigenvalue weighted by Gasteiger charge is -2.43. The molecule has 8 nitrogen and oxygen atoms in total. The molecule has 0 aromatic heterocycles. The number of aliphatic hydroxyl groups excluding tert-OH is 1. The first-order valence-corrected chi connectivity index (χ1v) is 8.79. The highest BCUT2D eigenvalue weighted by Crippen LogP contribution is 2.27. The van der Waals surface area contributed by atoms with E-state index >= 15 is 0 Å². The third kappa shape index (κ3) is 3.58. The van der Waals surface area contributed by atoms with Crippen LogP contribution in [0.15, 0.2) is 0 Å². The third-order valence-electron chi connectivity index (χ3n) is 4.45. The van der Waals surface area contributed by atoms with E-state index < -0.39 is 28.6 Å². The molecule has 0 radical (unpaired) electrons. The van der Waals surface area contributed by atoms with Crippen molar-refractivity contribution >= 4 is 22.5 Å². The molecule has 0 aromatic carbocycles. The van der Waals surface area contributed by atoms with Crippen LogP contribution >= 0.6 is 0 Å². The minimum Gasteiger partial charge on any atom is -0.393 e. The van der Waals surface area contributed by atoms with Gasteiger partial charge in [-0.1, -0.05) is 6.92 Å². The highest BCUT2D eigenvalue weighted by Gasteiger charge is 2.47. The molecule has 2 heterocycles. The summed E-state index contributed by atoms with van der Waals surface area (Å²) in [4.78, 5) is 27.5. The van der Waals surface area contributed by atoms with Crippen LogP contribution < -0.4 is 5.32 Å². The Morgan fingerprint density at radius 1 is 1.32 bits per heavy atom. The highest BCUT2D eigenvalue weighted by molar-refractivity contribution is 7.72. The second-order valence-electron chi connectivity index (χ2n) is 6.01. The Labute approximate surface area is 131 Å². The van der Waals surface area contributed by atoms with E-state index in [1.807, 2.05) is 0 Å². The van der Waals surface area contributed by atoms with Gasteiger partial charge in [-0.25, -0.2) is 8.42 Å². The van der Waals surface area contributed by atoms with Crippen LogP contribution in [0, 0.1) is 11.8 Å². The fourth-order valence-corrected chi connectivity index (χ4v) is 3.70. The molecule has 0 spiro atoms. The number of carbonyl (C=O) groups excluding carboxylic acids is 2. The molecule has 0 saturated carbocycles. The predicted molar refractivity (Wildman–Crippen MR) is 79.6 cm³/mol. The van der Waals surface area contributed by atoms with Crippen molar-refractivity contribution in [2.45, 2.75) is 26.0 Å². The highest BCUT2D eigenvalue weighted by atomic mass is 32.2. The van der Waals surface area contributed by atoms with Crippen molar-refractivity contribution in [3.8, 4) is 0 Å². The topological polar surface area (TPSA) is 107 Å². The number of thiol groups is 1. The molecule has 2 N–H and O–H groups in total. The molecule has 2 saturated heterocycles. The number of aliphatic hydroxyl groups is 1. The number of nitrogens with one attached hydrogen (secondary N) is 1. The average molecular weight is 333 g/mol. The van der Waals surface area contributed by atoms with E-state index in [1.54, 1.807) is 23.6 Å². The summed E-state index contributed by atoms with van der Waals surface area (Å²) < 4.78 is 21.4. The van der Waals surface area contributed by atoms with Crippen LogP contribution in [-0.2, 0) is 20.3 Å². The molecular weight excluding hydrogens is 310 g/mol. The second-order valence-corrected chi connectivity index (χ2v) is 6.96. The Bertz CT molecular complexity index is 506. The zero-order valence-electron chi connectivity index (χ0n) is 12.8. The Morgan fingerprint density at radius 3 is 2.36 bits per heavy atom. The van der Waals surface area contributed by atoms with Crippen molar-refractivity contribution in [1.29, 1.82) is 0 Å². The SMILES string of the molecule is C[C@@H](O)[C@H]1C(=O)N[C@@H]1[C@@H](C)C(=O)N1CCN(C[SH](=O)=O)CC1. The van der Waals surface area contributed by atoms with Gasteiger partial charge >= 0.3 is 0 Å². The monoisotopic (exact) mass is 333 g/mol. The van der Waals surface area contributed by atoms with E-state index in [1.165, 1.54) is 0 Å². The van der Waals surface area contributed by atoms with Crippen molar-refractivity contribution in [3.05, 3.63) is 0 Å². The van der Waals surface area contributed by atoms with E-state index in [9.17, 15) is 23.1 Å². The first kappa shape index (κ1) is 17.2. The molecule has 0 bridgehead atoms. The van der Waals surface area contributed by atoms with Gasteiger partial charge in [0.25, 0.3) is 0 Å². The van der Waals surface area contributed by atoms with Gasteiger partial charge in [0, 0.05) is 26.2 Å². The molecular formula is C13H23N3O5S. The van der Waals surface area contributed by atoms with Gasteiger partial charge in [0.15, 0.2) is 10.7 Å². The van der Waals surface area contributed by atoms with Gasteiger partial charge in [-0.2, -0.15) is 0 Å². The zero-order chi connectivity index (χ0) is 16.4. The van der Waals surface area contributed by atoms with Crippen LogP contribution in [0.2, 0.25) is 0 Å². The third-order valence-corrected chi connectivity index (χ3v) is 5.08. The number of hydrogen-bond donors (Lipinski definition) is 3. The fourth-order valence-electron chi connectivity index (χ4n) is 3.09. The largest absolute Gasteiger partial charge is 0.393 e. The van der Waals surface area contributed by atoms with Crippen LogP contribution in [-0.4, -0.2) is 79.3 Å². The number of nitrogens with zero attached hydrogens (tertiary/aromatic N) is 2. The smallest absolute Gasteiger partial charge is 0.228 e. The zero-order valence-corrected chi connectivity index (χ0v) is 13.7. The lowest BCUT2D eigenvalue weighted by molar-refractivity contribution is -0.149. The van der Waals surface area contributed by atoms with Crippen molar-refractivity contribution in [2.75, 3.05) is 32.1 Å². The standard InChI is InChI=1S/C13H23N3O5S/c1-8(11-10(9(2)17)12(18)14-11)13(19)16-5-3-15(4-6-16)7-22(20)21/h8-11,17,22H,3-7H2,1-2H3,(H,14,18)/t8-,9-,10-,11-/m1/s1. The lowest BCUT2D eigenvalue weighted by Crippen LogP contribution is -2.66. The summed E-state index contributed by atoms with van der Waals surface area (Å²) in [5.41, 5.74) is 0. The minimum absolute atomic E-state index is 0.0235. The summed E-state index contributed by atoms with van der Waals surface area (Å²) in [7, 11) is -2.44. The number of piperazine rings is 1.